The van der Waals surface area contributed by atoms with Crippen LogP contribution in [0.3, 0.4) is 0 Å². The highest BCUT2D eigenvalue weighted by Crippen LogP contribution is 2.23. The zero-order chi connectivity index (χ0) is 13.6. The number of piperazine rings is 1. The van der Waals surface area contributed by atoms with Crippen molar-refractivity contribution in [3.63, 3.8) is 0 Å². The minimum absolute atomic E-state index is 0.421. The summed E-state index contributed by atoms with van der Waals surface area (Å²) in [4.78, 5) is 5.19. The molecular weight excluding hydrogens is 222 g/mol. The first-order valence-electron chi connectivity index (χ1n) is 7.68. The van der Waals surface area contributed by atoms with E-state index in [-0.39, 0.29) is 0 Å². The predicted octanol–water partition coefficient (Wildman–Crippen LogP) is 2.04. The lowest BCUT2D eigenvalue weighted by Gasteiger charge is -2.43. The van der Waals surface area contributed by atoms with Gasteiger partial charge in [0.15, 0.2) is 0 Å². The fraction of sp³-hybridized carbons (Fsp3) is 1.00. The van der Waals surface area contributed by atoms with Crippen molar-refractivity contribution in [1.29, 1.82) is 0 Å². The van der Waals surface area contributed by atoms with E-state index in [0.717, 1.165) is 19.1 Å². The summed E-state index contributed by atoms with van der Waals surface area (Å²) < 4.78 is 0. The van der Waals surface area contributed by atoms with Crippen LogP contribution in [0.4, 0.5) is 0 Å². The molecule has 0 amide bonds. The van der Waals surface area contributed by atoms with E-state index in [1.54, 1.807) is 0 Å². The summed E-state index contributed by atoms with van der Waals surface area (Å²) in [7, 11) is 2.27. The fourth-order valence-corrected chi connectivity index (χ4v) is 2.85. The molecule has 18 heavy (non-hydrogen) atoms. The Morgan fingerprint density at radius 1 is 1.22 bits per heavy atom. The number of nitrogens with one attached hydrogen (secondary N) is 1. The largest absolute Gasteiger partial charge is 0.316 e. The Balaban J connectivity index is 2.49. The molecule has 108 valence electrons. The first-order chi connectivity index (χ1) is 8.54. The van der Waals surface area contributed by atoms with Crippen LogP contribution in [0.1, 0.15) is 40.5 Å². The van der Waals surface area contributed by atoms with Crippen molar-refractivity contribution in [2.75, 3.05) is 46.3 Å². The molecule has 0 spiro atoms. The molecule has 1 rings (SSSR count). The van der Waals surface area contributed by atoms with E-state index in [0.29, 0.717) is 5.41 Å². The molecule has 0 aliphatic carbocycles. The number of nitrogens with zero attached hydrogens (tertiary/aromatic N) is 2. The zero-order valence-corrected chi connectivity index (χ0v) is 13.1. The molecule has 1 N–H and O–H groups in total. The highest BCUT2D eigenvalue weighted by atomic mass is 15.3. The maximum Gasteiger partial charge on any atom is 0.0218 e. The minimum Gasteiger partial charge on any atom is -0.316 e. The predicted molar refractivity (Wildman–Crippen MR) is 80.1 cm³/mol. The molecule has 0 aromatic heterocycles. The Kier molecular flexibility index (Phi) is 6.61. The summed E-state index contributed by atoms with van der Waals surface area (Å²) in [6, 6.07) is 0.749. The Bertz CT molecular complexity index is 232. The Morgan fingerprint density at radius 2 is 1.94 bits per heavy atom. The lowest BCUT2D eigenvalue weighted by molar-refractivity contribution is 0.0598. The van der Waals surface area contributed by atoms with Crippen LogP contribution in [-0.2, 0) is 0 Å². The molecule has 3 heteroatoms. The first-order valence-corrected chi connectivity index (χ1v) is 7.68. The average Bonchev–Trinajstić information content (AvgIpc) is 2.38. The second-order valence-corrected chi connectivity index (χ2v) is 6.22. The van der Waals surface area contributed by atoms with Gasteiger partial charge in [0.25, 0.3) is 0 Å². The SMILES string of the molecule is CCNCC(C)(CC)CN1CCN(C)C(CC)C1. The second kappa shape index (κ2) is 7.46. The highest BCUT2D eigenvalue weighted by molar-refractivity contribution is 4.85. The van der Waals surface area contributed by atoms with Crippen LogP contribution in [0.25, 0.3) is 0 Å². The molecule has 1 saturated heterocycles. The molecule has 0 bridgehead atoms. The third-order valence-corrected chi connectivity index (χ3v) is 4.59. The summed E-state index contributed by atoms with van der Waals surface area (Å²) in [5.74, 6) is 0. The fourth-order valence-electron chi connectivity index (χ4n) is 2.85. The van der Waals surface area contributed by atoms with Gasteiger partial charge in [0, 0.05) is 38.8 Å². The summed E-state index contributed by atoms with van der Waals surface area (Å²) >= 11 is 0. The maximum absolute atomic E-state index is 3.53. The molecule has 1 heterocycles. The monoisotopic (exact) mass is 255 g/mol. The smallest absolute Gasteiger partial charge is 0.0218 e. The topological polar surface area (TPSA) is 18.5 Å². The van der Waals surface area contributed by atoms with Gasteiger partial charge in [-0.25, -0.2) is 0 Å². The normalized spacial score (nSPS) is 26.2. The second-order valence-electron chi connectivity index (χ2n) is 6.22. The maximum atomic E-state index is 3.53. The van der Waals surface area contributed by atoms with Crippen molar-refractivity contribution in [2.45, 2.75) is 46.6 Å². The van der Waals surface area contributed by atoms with Gasteiger partial charge in [0.05, 0.1) is 0 Å². The van der Waals surface area contributed by atoms with Crippen LogP contribution < -0.4 is 5.32 Å². The molecule has 1 aliphatic heterocycles. The van der Waals surface area contributed by atoms with Gasteiger partial charge in [0.2, 0.25) is 0 Å². The van der Waals surface area contributed by atoms with E-state index >= 15 is 0 Å². The zero-order valence-electron chi connectivity index (χ0n) is 13.1. The van der Waals surface area contributed by atoms with Crippen molar-refractivity contribution in [2.24, 2.45) is 5.41 Å². The number of rotatable bonds is 7. The third-order valence-electron chi connectivity index (χ3n) is 4.59. The number of hydrogen-bond donors (Lipinski definition) is 1. The van der Waals surface area contributed by atoms with Crippen LogP contribution in [-0.4, -0.2) is 62.2 Å². The van der Waals surface area contributed by atoms with Crippen molar-refractivity contribution in [3.05, 3.63) is 0 Å². The van der Waals surface area contributed by atoms with E-state index in [4.69, 9.17) is 0 Å². The van der Waals surface area contributed by atoms with Crippen molar-refractivity contribution in [3.8, 4) is 0 Å². The van der Waals surface area contributed by atoms with Gasteiger partial charge in [-0.3, -0.25) is 4.90 Å². The lowest BCUT2D eigenvalue weighted by Crippen LogP contribution is -2.54. The lowest BCUT2D eigenvalue weighted by atomic mass is 9.86. The van der Waals surface area contributed by atoms with E-state index < -0.39 is 0 Å². The minimum atomic E-state index is 0.421. The molecule has 3 nitrogen and oxygen atoms in total. The summed E-state index contributed by atoms with van der Waals surface area (Å²) in [6.45, 7) is 16.4. The molecule has 0 saturated carbocycles. The molecule has 2 unspecified atom stereocenters. The van der Waals surface area contributed by atoms with Gasteiger partial charge < -0.3 is 10.2 Å². The Morgan fingerprint density at radius 3 is 2.50 bits per heavy atom. The average molecular weight is 255 g/mol. The molecule has 1 fully saturated rings. The molecule has 0 radical (unpaired) electrons. The number of likely N-dealkylation sites (N-methyl/N-ethyl adjacent to an activating group) is 1. The van der Waals surface area contributed by atoms with Crippen LogP contribution in [0.5, 0.6) is 0 Å². The van der Waals surface area contributed by atoms with E-state index in [1.807, 2.05) is 0 Å². The summed E-state index contributed by atoms with van der Waals surface area (Å²) in [6.07, 6.45) is 2.52. The molecule has 0 aromatic rings. The highest BCUT2D eigenvalue weighted by Gasteiger charge is 2.29. The van der Waals surface area contributed by atoms with Gasteiger partial charge in [0.1, 0.15) is 0 Å². The molecule has 0 aromatic carbocycles. The Hall–Kier alpha value is -0.120. The van der Waals surface area contributed by atoms with Crippen LogP contribution in [0.15, 0.2) is 0 Å². The molecule has 2 atom stereocenters. The van der Waals surface area contributed by atoms with Crippen molar-refractivity contribution < 1.29 is 0 Å². The third kappa shape index (κ3) is 4.52. The van der Waals surface area contributed by atoms with E-state index in [1.165, 1.54) is 39.0 Å². The summed E-state index contributed by atoms with van der Waals surface area (Å²) in [5, 5.41) is 3.53. The Labute approximate surface area is 114 Å². The van der Waals surface area contributed by atoms with E-state index in [9.17, 15) is 0 Å². The van der Waals surface area contributed by atoms with Gasteiger partial charge in [-0.2, -0.15) is 0 Å². The van der Waals surface area contributed by atoms with Crippen LogP contribution in [0.2, 0.25) is 0 Å². The van der Waals surface area contributed by atoms with Crippen molar-refractivity contribution >= 4 is 0 Å². The van der Waals surface area contributed by atoms with Gasteiger partial charge in [-0.05, 0) is 31.8 Å². The van der Waals surface area contributed by atoms with Crippen molar-refractivity contribution in [1.82, 2.24) is 15.1 Å². The van der Waals surface area contributed by atoms with Gasteiger partial charge in [-0.15, -0.1) is 0 Å². The van der Waals surface area contributed by atoms with Crippen LogP contribution in [0, 0.1) is 5.41 Å². The molecule has 1 aliphatic rings. The first kappa shape index (κ1) is 15.9. The quantitative estimate of drug-likeness (QED) is 0.751. The van der Waals surface area contributed by atoms with Gasteiger partial charge >= 0.3 is 0 Å². The summed E-state index contributed by atoms with van der Waals surface area (Å²) in [5.41, 5.74) is 0.421. The standard InChI is InChI=1S/C15H33N3/c1-6-14-11-18(10-9-17(14)5)13-15(4,7-2)12-16-8-3/h14,16H,6-13H2,1-5H3. The van der Waals surface area contributed by atoms with Gasteiger partial charge in [-0.1, -0.05) is 27.7 Å². The van der Waals surface area contributed by atoms with Crippen LogP contribution >= 0.6 is 0 Å². The number of hydrogen-bond acceptors (Lipinski definition) is 3. The molecular formula is C15H33N3. The van der Waals surface area contributed by atoms with E-state index in [2.05, 4.69) is 49.9 Å².